The Kier molecular flexibility index (Phi) is 9.43. The molecule has 6 heteroatoms. The third kappa shape index (κ3) is 7.44. The first-order valence-electron chi connectivity index (χ1n) is 13.9. The molecule has 1 amide bonds. The number of hydrogen-bond donors (Lipinski definition) is 1. The summed E-state index contributed by atoms with van der Waals surface area (Å²) >= 11 is 0. The number of rotatable bonds is 10. The summed E-state index contributed by atoms with van der Waals surface area (Å²) in [6.45, 7) is 7.88. The number of likely N-dealkylation sites (tertiary alicyclic amines) is 1. The number of amides is 1. The second-order valence-corrected chi connectivity index (χ2v) is 10.2. The van der Waals surface area contributed by atoms with Gasteiger partial charge in [-0.2, -0.15) is 0 Å². The van der Waals surface area contributed by atoms with Crippen molar-refractivity contribution in [3.05, 3.63) is 102 Å². The molecule has 3 aromatic rings. The highest BCUT2D eigenvalue weighted by molar-refractivity contribution is 5.94. The molecule has 0 saturated carbocycles. The van der Waals surface area contributed by atoms with Gasteiger partial charge in [-0.15, -0.1) is 0 Å². The van der Waals surface area contributed by atoms with Gasteiger partial charge in [0, 0.05) is 57.3 Å². The number of benzene rings is 3. The van der Waals surface area contributed by atoms with Crippen LogP contribution in [-0.4, -0.2) is 80.8 Å². The number of carbonyl (C=O) groups excluding carboxylic acids is 1. The first kappa shape index (κ1) is 26.4. The lowest BCUT2D eigenvalue weighted by Gasteiger charge is -2.34. The SMILES string of the molecule is O=C(NCCN1CCOCC1)c1cccc(OC2CCN(CC(c3ccccc3)c3ccccc3)CC2)c1. The van der Waals surface area contributed by atoms with E-state index in [1.807, 2.05) is 24.3 Å². The van der Waals surface area contributed by atoms with Crippen LogP contribution >= 0.6 is 0 Å². The van der Waals surface area contributed by atoms with Gasteiger partial charge in [0.2, 0.25) is 0 Å². The van der Waals surface area contributed by atoms with Crippen LogP contribution in [0.2, 0.25) is 0 Å². The maximum absolute atomic E-state index is 12.7. The Balaban J connectivity index is 1.11. The minimum absolute atomic E-state index is 0.0496. The summed E-state index contributed by atoms with van der Waals surface area (Å²) in [6.07, 6.45) is 2.12. The fraction of sp³-hybridized carbons (Fsp3) is 0.406. The van der Waals surface area contributed by atoms with E-state index in [2.05, 4.69) is 75.8 Å². The van der Waals surface area contributed by atoms with E-state index in [0.29, 0.717) is 18.0 Å². The monoisotopic (exact) mass is 513 g/mol. The van der Waals surface area contributed by atoms with Crippen molar-refractivity contribution in [3.8, 4) is 5.75 Å². The average molecular weight is 514 g/mol. The van der Waals surface area contributed by atoms with Gasteiger partial charge in [-0.05, 0) is 42.2 Å². The van der Waals surface area contributed by atoms with Crippen molar-refractivity contribution in [2.75, 3.05) is 59.0 Å². The van der Waals surface area contributed by atoms with Crippen molar-refractivity contribution in [1.29, 1.82) is 0 Å². The Morgan fingerprint density at radius 2 is 1.50 bits per heavy atom. The summed E-state index contributed by atoms with van der Waals surface area (Å²) in [4.78, 5) is 17.6. The molecule has 3 aromatic carbocycles. The van der Waals surface area contributed by atoms with Gasteiger partial charge >= 0.3 is 0 Å². The maximum Gasteiger partial charge on any atom is 0.251 e. The Morgan fingerprint density at radius 1 is 0.842 bits per heavy atom. The van der Waals surface area contributed by atoms with Crippen LogP contribution in [0.4, 0.5) is 0 Å². The molecule has 38 heavy (non-hydrogen) atoms. The predicted molar refractivity (Wildman–Crippen MR) is 151 cm³/mol. The van der Waals surface area contributed by atoms with Crippen LogP contribution in [0.3, 0.4) is 0 Å². The second kappa shape index (κ2) is 13.6. The largest absolute Gasteiger partial charge is 0.490 e. The first-order valence-corrected chi connectivity index (χ1v) is 13.9. The highest BCUT2D eigenvalue weighted by Crippen LogP contribution is 2.28. The smallest absolute Gasteiger partial charge is 0.251 e. The Morgan fingerprint density at radius 3 is 2.16 bits per heavy atom. The van der Waals surface area contributed by atoms with E-state index >= 15 is 0 Å². The lowest BCUT2D eigenvalue weighted by molar-refractivity contribution is 0.0383. The molecule has 0 unspecified atom stereocenters. The molecular formula is C32H39N3O3. The highest BCUT2D eigenvalue weighted by Gasteiger charge is 2.24. The number of ether oxygens (including phenoxy) is 2. The summed E-state index contributed by atoms with van der Waals surface area (Å²) in [6, 6.07) is 29.2. The van der Waals surface area contributed by atoms with Crippen molar-refractivity contribution >= 4 is 5.91 Å². The zero-order chi connectivity index (χ0) is 26.0. The van der Waals surface area contributed by atoms with Crippen LogP contribution in [-0.2, 0) is 4.74 Å². The quantitative estimate of drug-likeness (QED) is 0.435. The second-order valence-electron chi connectivity index (χ2n) is 10.2. The fourth-order valence-corrected chi connectivity index (χ4v) is 5.40. The van der Waals surface area contributed by atoms with Crippen LogP contribution < -0.4 is 10.1 Å². The van der Waals surface area contributed by atoms with Crippen LogP contribution in [0, 0.1) is 0 Å². The molecule has 5 rings (SSSR count). The standard InChI is InChI=1S/C32H39N3O3/c36-32(33-16-19-34-20-22-37-23-21-34)28-12-7-13-30(24-28)38-29-14-17-35(18-15-29)25-31(26-8-3-1-4-9-26)27-10-5-2-6-11-27/h1-13,24,29,31H,14-23,25H2,(H,33,36). The molecule has 2 heterocycles. The number of nitrogens with one attached hydrogen (secondary N) is 1. The van der Waals surface area contributed by atoms with Crippen molar-refractivity contribution in [2.45, 2.75) is 24.9 Å². The number of hydrogen-bond acceptors (Lipinski definition) is 5. The van der Waals surface area contributed by atoms with E-state index in [1.54, 1.807) is 0 Å². The van der Waals surface area contributed by atoms with Crippen molar-refractivity contribution in [3.63, 3.8) is 0 Å². The molecule has 2 aliphatic heterocycles. The molecule has 0 aromatic heterocycles. The molecule has 200 valence electrons. The van der Waals surface area contributed by atoms with Gasteiger partial charge < -0.3 is 19.7 Å². The molecule has 2 fully saturated rings. The molecule has 6 nitrogen and oxygen atoms in total. The van der Waals surface area contributed by atoms with E-state index in [9.17, 15) is 4.79 Å². The molecular weight excluding hydrogens is 474 g/mol. The van der Waals surface area contributed by atoms with Crippen molar-refractivity contribution < 1.29 is 14.3 Å². The Hall–Kier alpha value is -3.19. The third-order valence-electron chi connectivity index (χ3n) is 7.60. The van der Waals surface area contributed by atoms with Gasteiger partial charge in [0.25, 0.3) is 5.91 Å². The zero-order valence-electron chi connectivity index (χ0n) is 22.1. The van der Waals surface area contributed by atoms with Crippen LogP contribution in [0.1, 0.15) is 40.2 Å². The molecule has 0 aliphatic carbocycles. The summed E-state index contributed by atoms with van der Waals surface area (Å²) in [5.74, 6) is 1.08. The molecule has 0 spiro atoms. The molecule has 0 bridgehead atoms. The van der Waals surface area contributed by atoms with Crippen LogP contribution in [0.15, 0.2) is 84.9 Å². The minimum Gasteiger partial charge on any atom is -0.490 e. The predicted octanol–water partition coefficient (Wildman–Crippen LogP) is 4.42. The summed E-state index contributed by atoms with van der Waals surface area (Å²) < 4.78 is 11.7. The normalized spacial score (nSPS) is 17.4. The molecule has 0 atom stereocenters. The Bertz CT molecular complexity index is 1090. The summed E-state index contributed by atoms with van der Waals surface area (Å²) in [5, 5.41) is 3.04. The zero-order valence-corrected chi connectivity index (χ0v) is 22.1. The van der Waals surface area contributed by atoms with E-state index in [-0.39, 0.29) is 12.0 Å². The minimum atomic E-state index is -0.0496. The van der Waals surface area contributed by atoms with E-state index in [0.717, 1.165) is 71.1 Å². The topological polar surface area (TPSA) is 54.0 Å². The third-order valence-corrected chi connectivity index (χ3v) is 7.60. The van der Waals surface area contributed by atoms with Gasteiger partial charge in [0.1, 0.15) is 11.9 Å². The van der Waals surface area contributed by atoms with E-state index < -0.39 is 0 Å². The number of carbonyl (C=O) groups is 1. The van der Waals surface area contributed by atoms with E-state index in [1.165, 1.54) is 11.1 Å². The maximum atomic E-state index is 12.7. The number of nitrogens with zero attached hydrogens (tertiary/aromatic N) is 2. The van der Waals surface area contributed by atoms with Gasteiger partial charge in [-0.3, -0.25) is 9.69 Å². The van der Waals surface area contributed by atoms with Crippen molar-refractivity contribution in [1.82, 2.24) is 15.1 Å². The van der Waals surface area contributed by atoms with E-state index in [4.69, 9.17) is 9.47 Å². The summed E-state index contributed by atoms with van der Waals surface area (Å²) in [7, 11) is 0. The molecule has 1 N–H and O–H groups in total. The van der Waals surface area contributed by atoms with Gasteiger partial charge in [-0.25, -0.2) is 0 Å². The lowest BCUT2D eigenvalue weighted by Crippen LogP contribution is -2.41. The fourth-order valence-electron chi connectivity index (χ4n) is 5.40. The van der Waals surface area contributed by atoms with Gasteiger partial charge in [0.05, 0.1) is 13.2 Å². The lowest BCUT2D eigenvalue weighted by atomic mass is 9.90. The Labute approximate surface area is 226 Å². The molecule has 2 aliphatic rings. The number of morpholine rings is 1. The van der Waals surface area contributed by atoms with Gasteiger partial charge in [0.15, 0.2) is 0 Å². The van der Waals surface area contributed by atoms with Crippen LogP contribution in [0.25, 0.3) is 0 Å². The summed E-state index contributed by atoms with van der Waals surface area (Å²) in [5.41, 5.74) is 3.37. The first-order chi connectivity index (χ1) is 18.7. The average Bonchev–Trinajstić information content (AvgIpc) is 2.98. The molecule has 0 radical (unpaired) electrons. The van der Waals surface area contributed by atoms with Gasteiger partial charge in [-0.1, -0.05) is 66.7 Å². The van der Waals surface area contributed by atoms with Crippen molar-refractivity contribution in [2.24, 2.45) is 0 Å². The number of piperidine rings is 1. The molecule has 2 saturated heterocycles. The van der Waals surface area contributed by atoms with Crippen LogP contribution in [0.5, 0.6) is 5.75 Å². The highest BCUT2D eigenvalue weighted by atomic mass is 16.5.